The number of aromatic nitrogens is 3. The van der Waals surface area contributed by atoms with E-state index in [0.717, 1.165) is 29.5 Å². The molecule has 3 aliphatic rings. The van der Waals surface area contributed by atoms with Crippen LogP contribution in [0, 0.1) is 23.7 Å². The van der Waals surface area contributed by atoms with Gasteiger partial charge in [-0.3, -0.25) is 0 Å². The Hall–Kier alpha value is -1.06. The topological polar surface area (TPSA) is 56.7 Å². The maximum absolute atomic E-state index is 5.73. The highest BCUT2D eigenvalue weighted by Crippen LogP contribution is 2.72. The summed E-state index contributed by atoms with van der Waals surface area (Å²) in [7, 11) is 1.87. The van der Waals surface area contributed by atoms with Crippen LogP contribution in [-0.2, 0) is 7.05 Å². The number of aryl methyl sites for hydroxylation is 1. The quantitative estimate of drug-likeness (QED) is 0.746. The Balaban J connectivity index is 1.67. The lowest BCUT2D eigenvalue weighted by atomic mass is 10.0. The van der Waals surface area contributed by atoms with Crippen molar-refractivity contribution in [1.82, 2.24) is 14.8 Å². The number of nitrogens with two attached hydrogens (primary N) is 1. The van der Waals surface area contributed by atoms with Crippen LogP contribution in [0.25, 0.3) is 0 Å². The van der Waals surface area contributed by atoms with Crippen molar-refractivity contribution in [3.63, 3.8) is 0 Å². The zero-order chi connectivity index (χ0) is 10.2. The van der Waals surface area contributed by atoms with Crippen LogP contribution in [0.3, 0.4) is 0 Å². The molecule has 3 fully saturated rings. The predicted octanol–water partition coefficient (Wildman–Crippen LogP) is 1.16. The van der Waals surface area contributed by atoms with Gasteiger partial charge in [-0.15, -0.1) is 0 Å². The Bertz CT molecular complexity index is 389. The second kappa shape index (κ2) is 2.36. The lowest BCUT2D eigenvalue weighted by Gasteiger charge is -2.04. The molecule has 0 radical (unpaired) electrons. The molecule has 4 atom stereocenters. The summed E-state index contributed by atoms with van der Waals surface area (Å²) in [6.07, 6.45) is 4.38. The molecule has 4 heteroatoms. The number of fused-ring (bicyclic) bond motifs is 5. The molecule has 0 aliphatic heterocycles. The van der Waals surface area contributed by atoms with Gasteiger partial charge in [0.2, 0.25) is 5.95 Å². The molecule has 1 aromatic rings. The molecule has 1 heterocycles. The molecule has 0 aromatic carbocycles. The minimum absolute atomic E-state index is 0.558. The summed E-state index contributed by atoms with van der Waals surface area (Å²) in [5.41, 5.74) is 5.73. The van der Waals surface area contributed by atoms with Gasteiger partial charge in [-0.25, -0.2) is 4.68 Å². The first-order valence-electron chi connectivity index (χ1n) is 5.92. The zero-order valence-electron chi connectivity index (χ0n) is 8.93. The highest BCUT2D eigenvalue weighted by Gasteiger charge is 2.66. The maximum Gasteiger partial charge on any atom is 0.218 e. The van der Waals surface area contributed by atoms with Gasteiger partial charge in [0.15, 0.2) is 5.82 Å². The van der Waals surface area contributed by atoms with E-state index in [9.17, 15) is 0 Å². The standard InChI is InChI=1S/C11H16N4/c1-15-11(12)13-10(14-15)9-7-5-2-3-6(4-5)8(7)9/h5-9H,2-4H2,1H3,(H2,12,13,14). The molecular weight excluding hydrogens is 188 g/mol. The van der Waals surface area contributed by atoms with Gasteiger partial charge < -0.3 is 5.73 Å². The molecule has 3 saturated carbocycles. The van der Waals surface area contributed by atoms with Gasteiger partial charge in [0, 0.05) is 13.0 Å². The number of nitrogen functional groups attached to an aromatic ring is 1. The Morgan fingerprint density at radius 3 is 2.47 bits per heavy atom. The highest BCUT2D eigenvalue weighted by atomic mass is 15.4. The van der Waals surface area contributed by atoms with Gasteiger partial charge in [-0.05, 0) is 42.9 Å². The van der Waals surface area contributed by atoms with Crippen molar-refractivity contribution in [2.24, 2.45) is 30.7 Å². The molecule has 2 N–H and O–H groups in total. The first-order valence-corrected chi connectivity index (χ1v) is 5.92. The first kappa shape index (κ1) is 8.13. The van der Waals surface area contributed by atoms with E-state index in [-0.39, 0.29) is 0 Å². The van der Waals surface area contributed by atoms with Gasteiger partial charge in [0.25, 0.3) is 0 Å². The average molecular weight is 204 g/mol. The molecule has 0 amide bonds. The van der Waals surface area contributed by atoms with Crippen molar-refractivity contribution in [1.29, 1.82) is 0 Å². The Labute approximate surface area is 88.9 Å². The summed E-state index contributed by atoms with van der Waals surface area (Å²) < 4.78 is 1.70. The van der Waals surface area contributed by atoms with Crippen LogP contribution in [0.2, 0.25) is 0 Å². The Morgan fingerprint density at radius 2 is 1.93 bits per heavy atom. The fourth-order valence-electron chi connectivity index (χ4n) is 4.23. The van der Waals surface area contributed by atoms with Crippen LogP contribution in [0.1, 0.15) is 31.0 Å². The number of rotatable bonds is 1. The van der Waals surface area contributed by atoms with Gasteiger partial charge in [0.1, 0.15) is 0 Å². The van der Waals surface area contributed by atoms with Crippen molar-refractivity contribution >= 4 is 5.95 Å². The van der Waals surface area contributed by atoms with Gasteiger partial charge in [0.05, 0.1) is 0 Å². The number of anilines is 1. The van der Waals surface area contributed by atoms with E-state index in [1.165, 1.54) is 19.3 Å². The molecule has 3 aliphatic carbocycles. The molecule has 4 nitrogen and oxygen atoms in total. The van der Waals surface area contributed by atoms with Gasteiger partial charge in [-0.1, -0.05) is 0 Å². The van der Waals surface area contributed by atoms with E-state index in [1.54, 1.807) is 4.68 Å². The van der Waals surface area contributed by atoms with Crippen LogP contribution in [-0.4, -0.2) is 14.8 Å². The molecule has 0 saturated heterocycles. The summed E-state index contributed by atoms with van der Waals surface area (Å²) in [6.45, 7) is 0. The van der Waals surface area contributed by atoms with Crippen molar-refractivity contribution in [2.45, 2.75) is 25.2 Å². The summed E-state index contributed by atoms with van der Waals surface area (Å²) >= 11 is 0. The van der Waals surface area contributed by atoms with E-state index >= 15 is 0 Å². The van der Waals surface area contributed by atoms with E-state index in [1.807, 2.05) is 7.05 Å². The summed E-state index contributed by atoms with van der Waals surface area (Å²) in [5.74, 6) is 6.00. The zero-order valence-corrected chi connectivity index (χ0v) is 8.93. The second-order valence-corrected chi connectivity index (χ2v) is 5.47. The number of hydrogen-bond donors (Lipinski definition) is 1. The summed E-state index contributed by atoms with van der Waals surface area (Å²) in [5, 5.41) is 4.43. The fourth-order valence-corrected chi connectivity index (χ4v) is 4.23. The van der Waals surface area contributed by atoms with E-state index in [0.29, 0.717) is 11.9 Å². The number of hydrogen-bond acceptors (Lipinski definition) is 3. The van der Waals surface area contributed by atoms with E-state index in [2.05, 4.69) is 10.1 Å². The average Bonchev–Trinajstić information content (AvgIpc) is 2.55. The molecular formula is C11H16N4. The third kappa shape index (κ3) is 0.880. The van der Waals surface area contributed by atoms with Gasteiger partial charge in [-0.2, -0.15) is 10.1 Å². The Kier molecular flexibility index (Phi) is 1.28. The van der Waals surface area contributed by atoms with Crippen LogP contribution in [0.15, 0.2) is 0 Å². The molecule has 2 bridgehead atoms. The summed E-state index contributed by atoms with van der Waals surface area (Å²) in [4.78, 5) is 4.38. The normalized spacial score (nSPS) is 45.8. The van der Waals surface area contributed by atoms with Crippen molar-refractivity contribution in [3.05, 3.63) is 5.82 Å². The maximum atomic E-state index is 5.73. The second-order valence-electron chi connectivity index (χ2n) is 5.47. The highest BCUT2D eigenvalue weighted by molar-refractivity contribution is 5.27. The molecule has 80 valence electrons. The minimum Gasteiger partial charge on any atom is -0.368 e. The SMILES string of the molecule is Cn1nc(C2C3C4CCC(C4)C23)nc1N. The summed E-state index contributed by atoms with van der Waals surface area (Å²) in [6, 6.07) is 0. The van der Waals surface area contributed by atoms with E-state index < -0.39 is 0 Å². The van der Waals surface area contributed by atoms with Crippen molar-refractivity contribution < 1.29 is 0 Å². The van der Waals surface area contributed by atoms with Crippen LogP contribution >= 0.6 is 0 Å². The molecule has 4 rings (SSSR count). The minimum atomic E-state index is 0.558. The number of nitrogens with zero attached hydrogens (tertiary/aromatic N) is 3. The van der Waals surface area contributed by atoms with Crippen molar-refractivity contribution in [2.75, 3.05) is 5.73 Å². The molecule has 15 heavy (non-hydrogen) atoms. The molecule has 4 unspecified atom stereocenters. The lowest BCUT2D eigenvalue weighted by molar-refractivity contribution is 0.456. The predicted molar refractivity (Wildman–Crippen MR) is 56.0 cm³/mol. The third-order valence-electron chi connectivity index (χ3n) is 4.85. The molecule has 1 aromatic heterocycles. The third-order valence-corrected chi connectivity index (χ3v) is 4.85. The van der Waals surface area contributed by atoms with Gasteiger partial charge >= 0.3 is 0 Å². The first-order chi connectivity index (χ1) is 7.25. The largest absolute Gasteiger partial charge is 0.368 e. The van der Waals surface area contributed by atoms with Crippen LogP contribution < -0.4 is 5.73 Å². The van der Waals surface area contributed by atoms with Crippen LogP contribution in [0.5, 0.6) is 0 Å². The smallest absolute Gasteiger partial charge is 0.218 e. The Morgan fingerprint density at radius 1 is 1.27 bits per heavy atom. The fraction of sp³-hybridized carbons (Fsp3) is 0.818. The van der Waals surface area contributed by atoms with Crippen LogP contribution in [0.4, 0.5) is 5.95 Å². The van der Waals surface area contributed by atoms with E-state index in [4.69, 9.17) is 5.73 Å². The lowest BCUT2D eigenvalue weighted by Crippen LogP contribution is -2.00. The monoisotopic (exact) mass is 204 g/mol. The molecule has 0 spiro atoms. The van der Waals surface area contributed by atoms with Crippen molar-refractivity contribution in [3.8, 4) is 0 Å².